The molecule has 0 aliphatic rings. The summed E-state index contributed by atoms with van der Waals surface area (Å²) in [7, 11) is 0. The number of benzene rings is 1. The van der Waals surface area contributed by atoms with Crippen molar-refractivity contribution >= 4 is 21.7 Å². The van der Waals surface area contributed by atoms with Crippen LogP contribution < -0.4 is 0 Å². The quantitative estimate of drug-likeness (QED) is 0.786. The number of carbonyl (C=O) groups excluding carboxylic acids is 1. The van der Waals surface area contributed by atoms with Crippen LogP contribution in [0.15, 0.2) is 22.7 Å². The number of hydrogen-bond donors (Lipinski definition) is 0. The van der Waals surface area contributed by atoms with Crippen LogP contribution >= 0.6 is 15.9 Å². The SMILES string of the molecule is Cc1ccc(C(=O)CC(C)C#N)cc1Br. The Labute approximate surface area is 98.0 Å². The maximum Gasteiger partial charge on any atom is 0.164 e. The molecule has 0 aromatic heterocycles. The Morgan fingerprint density at radius 1 is 1.60 bits per heavy atom. The van der Waals surface area contributed by atoms with Gasteiger partial charge < -0.3 is 0 Å². The summed E-state index contributed by atoms with van der Waals surface area (Å²) in [5.74, 6) is -0.206. The molecule has 2 nitrogen and oxygen atoms in total. The van der Waals surface area contributed by atoms with Gasteiger partial charge in [0.2, 0.25) is 0 Å². The summed E-state index contributed by atoms with van der Waals surface area (Å²) in [6.07, 6.45) is 0.284. The van der Waals surface area contributed by atoms with Crippen molar-refractivity contribution in [3.63, 3.8) is 0 Å². The molecular weight excluding hydrogens is 254 g/mol. The minimum atomic E-state index is -0.224. The number of halogens is 1. The van der Waals surface area contributed by atoms with Gasteiger partial charge in [0, 0.05) is 16.5 Å². The Morgan fingerprint density at radius 2 is 2.27 bits per heavy atom. The van der Waals surface area contributed by atoms with Crippen molar-refractivity contribution in [2.24, 2.45) is 5.92 Å². The van der Waals surface area contributed by atoms with Crippen LogP contribution in [0.25, 0.3) is 0 Å². The Balaban J connectivity index is 2.84. The van der Waals surface area contributed by atoms with Gasteiger partial charge in [-0.1, -0.05) is 28.1 Å². The van der Waals surface area contributed by atoms with Gasteiger partial charge in [0.15, 0.2) is 5.78 Å². The third-order valence-corrected chi connectivity index (χ3v) is 3.06. The van der Waals surface area contributed by atoms with Crippen molar-refractivity contribution in [3.8, 4) is 6.07 Å². The van der Waals surface area contributed by atoms with Crippen LogP contribution in [0.4, 0.5) is 0 Å². The van der Waals surface area contributed by atoms with E-state index in [1.807, 2.05) is 19.1 Å². The predicted molar refractivity (Wildman–Crippen MR) is 62.6 cm³/mol. The zero-order valence-electron chi connectivity index (χ0n) is 8.75. The molecule has 0 bridgehead atoms. The average molecular weight is 266 g/mol. The van der Waals surface area contributed by atoms with E-state index in [0.717, 1.165) is 10.0 Å². The van der Waals surface area contributed by atoms with Crippen molar-refractivity contribution in [2.45, 2.75) is 20.3 Å². The molecule has 1 atom stereocenters. The standard InChI is InChI=1S/C12H12BrNO/c1-8(7-14)5-12(15)10-4-3-9(2)11(13)6-10/h3-4,6,8H,5H2,1-2H3. The fraction of sp³-hybridized carbons (Fsp3) is 0.333. The summed E-state index contributed by atoms with van der Waals surface area (Å²) in [4.78, 5) is 11.7. The highest BCUT2D eigenvalue weighted by Crippen LogP contribution is 2.19. The van der Waals surface area contributed by atoms with Gasteiger partial charge in [-0.3, -0.25) is 4.79 Å². The molecule has 1 aromatic rings. The first-order chi connectivity index (χ1) is 7.04. The van der Waals surface area contributed by atoms with Gasteiger partial charge in [-0.15, -0.1) is 0 Å². The first-order valence-corrected chi connectivity index (χ1v) is 5.53. The van der Waals surface area contributed by atoms with Crippen LogP contribution in [0.2, 0.25) is 0 Å². The summed E-state index contributed by atoms with van der Waals surface area (Å²) < 4.78 is 0.929. The second kappa shape index (κ2) is 5.09. The zero-order valence-corrected chi connectivity index (χ0v) is 10.3. The molecule has 3 heteroatoms. The summed E-state index contributed by atoms with van der Waals surface area (Å²) >= 11 is 3.38. The van der Waals surface area contributed by atoms with Gasteiger partial charge in [0.1, 0.15) is 0 Å². The molecule has 0 aliphatic carbocycles. The van der Waals surface area contributed by atoms with E-state index in [1.54, 1.807) is 13.0 Å². The number of carbonyl (C=O) groups is 1. The lowest BCUT2D eigenvalue weighted by atomic mass is 10.0. The smallest absolute Gasteiger partial charge is 0.164 e. The monoisotopic (exact) mass is 265 g/mol. The molecular formula is C12H12BrNO. The van der Waals surface area contributed by atoms with E-state index < -0.39 is 0 Å². The van der Waals surface area contributed by atoms with Crippen LogP contribution in [0.3, 0.4) is 0 Å². The van der Waals surface area contributed by atoms with Crippen LogP contribution in [0, 0.1) is 24.2 Å². The van der Waals surface area contributed by atoms with Gasteiger partial charge in [-0.2, -0.15) is 5.26 Å². The highest BCUT2D eigenvalue weighted by Gasteiger charge is 2.11. The van der Waals surface area contributed by atoms with Crippen molar-refractivity contribution in [2.75, 3.05) is 0 Å². The van der Waals surface area contributed by atoms with E-state index in [1.165, 1.54) is 0 Å². The summed E-state index contributed by atoms with van der Waals surface area (Å²) in [5.41, 5.74) is 1.76. The summed E-state index contributed by atoms with van der Waals surface area (Å²) in [6, 6.07) is 7.56. The topological polar surface area (TPSA) is 40.9 Å². The minimum absolute atomic E-state index is 0.0183. The molecule has 0 aliphatic heterocycles. The molecule has 0 saturated carbocycles. The third kappa shape index (κ3) is 3.17. The van der Waals surface area contributed by atoms with Crippen molar-refractivity contribution < 1.29 is 4.79 Å². The molecule has 0 saturated heterocycles. The number of nitriles is 1. The zero-order chi connectivity index (χ0) is 11.4. The summed E-state index contributed by atoms with van der Waals surface area (Å²) in [6.45, 7) is 3.72. The molecule has 0 radical (unpaired) electrons. The number of nitrogens with zero attached hydrogens (tertiary/aromatic N) is 1. The first-order valence-electron chi connectivity index (χ1n) is 4.73. The van der Waals surface area contributed by atoms with E-state index in [-0.39, 0.29) is 18.1 Å². The second-order valence-corrected chi connectivity index (χ2v) is 4.48. The van der Waals surface area contributed by atoms with Gasteiger partial charge in [-0.05, 0) is 25.5 Å². The molecule has 1 unspecified atom stereocenters. The molecule has 0 fully saturated rings. The Morgan fingerprint density at radius 3 is 2.80 bits per heavy atom. The Kier molecular flexibility index (Phi) is 4.05. The molecule has 0 N–H and O–H groups in total. The van der Waals surface area contributed by atoms with E-state index in [4.69, 9.17) is 5.26 Å². The van der Waals surface area contributed by atoms with Crippen LogP contribution in [-0.4, -0.2) is 5.78 Å². The third-order valence-electron chi connectivity index (χ3n) is 2.21. The van der Waals surface area contributed by atoms with Crippen LogP contribution in [0.1, 0.15) is 29.3 Å². The molecule has 0 amide bonds. The molecule has 0 heterocycles. The van der Waals surface area contributed by atoms with Crippen LogP contribution in [0.5, 0.6) is 0 Å². The molecule has 0 spiro atoms. The second-order valence-electron chi connectivity index (χ2n) is 3.62. The number of aryl methyl sites for hydroxylation is 1. The van der Waals surface area contributed by atoms with E-state index in [0.29, 0.717) is 5.56 Å². The van der Waals surface area contributed by atoms with Crippen molar-refractivity contribution in [1.82, 2.24) is 0 Å². The number of hydrogen-bond acceptors (Lipinski definition) is 2. The maximum atomic E-state index is 11.7. The molecule has 1 aromatic carbocycles. The highest BCUT2D eigenvalue weighted by molar-refractivity contribution is 9.10. The fourth-order valence-electron chi connectivity index (χ4n) is 1.21. The van der Waals surface area contributed by atoms with Crippen molar-refractivity contribution in [3.05, 3.63) is 33.8 Å². The predicted octanol–water partition coefficient (Wildman–Crippen LogP) is 3.49. The van der Waals surface area contributed by atoms with Crippen molar-refractivity contribution in [1.29, 1.82) is 5.26 Å². The van der Waals surface area contributed by atoms with Gasteiger partial charge >= 0.3 is 0 Å². The van der Waals surface area contributed by atoms with E-state index in [9.17, 15) is 4.79 Å². The van der Waals surface area contributed by atoms with E-state index >= 15 is 0 Å². The average Bonchev–Trinajstić information content (AvgIpc) is 2.21. The molecule has 78 valence electrons. The minimum Gasteiger partial charge on any atom is -0.294 e. The lowest BCUT2D eigenvalue weighted by Gasteiger charge is -2.04. The van der Waals surface area contributed by atoms with Crippen LogP contribution in [-0.2, 0) is 0 Å². The molecule has 1 rings (SSSR count). The van der Waals surface area contributed by atoms with Gasteiger partial charge in [0.05, 0.1) is 12.0 Å². The fourth-order valence-corrected chi connectivity index (χ4v) is 1.59. The largest absolute Gasteiger partial charge is 0.294 e. The van der Waals surface area contributed by atoms with Gasteiger partial charge in [0.25, 0.3) is 0 Å². The molecule has 15 heavy (non-hydrogen) atoms. The first kappa shape index (κ1) is 11.9. The lowest BCUT2D eigenvalue weighted by molar-refractivity contribution is 0.0972. The van der Waals surface area contributed by atoms with E-state index in [2.05, 4.69) is 22.0 Å². The highest BCUT2D eigenvalue weighted by atomic mass is 79.9. The Hall–Kier alpha value is -1.14. The normalized spacial score (nSPS) is 11.9. The number of ketones is 1. The maximum absolute atomic E-state index is 11.7. The lowest BCUT2D eigenvalue weighted by Crippen LogP contribution is -2.04. The number of Topliss-reactive ketones (excluding diaryl/α,β-unsaturated/α-hetero) is 1. The van der Waals surface area contributed by atoms with Gasteiger partial charge in [-0.25, -0.2) is 0 Å². The Bertz CT molecular complexity index is 420. The number of rotatable bonds is 3. The summed E-state index contributed by atoms with van der Waals surface area (Å²) in [5, 5.41) is 8.62.